The Morgan fingerprint density at radius 2 is 2.14 bits per heavy atom. The van der Waals surface area contributed by atoms with Crippen molar-refractivity contribution in [2.24, 2.45) is 5.73 Å². The fraction of sp³-hybridized carbons (Fsp3) is 0.429. The minimum absolute atomic E-state index is 0.257. The molecule has 2 rings (SSSR count). The number of nitrogens with two attached hydrogens (primary N) is 1. The van der Waals surface area contributed by atoms with Gasteiger partial charge in [0.15, 0.2) is 0 Å². The lowest BCUT2D eigenvalue weighted by molar-refractivity contribution is 0.182. The van der Waals surface area contributed by atoms with E-state index in [0.717, 1.165) is 11.3 Å². The van der Waals surface area contributed by atoms with Gasteiger partial charge in [-0.2, -0.15) is 5.10 Å². The van der Waals surface area contributed by atoms with E-state index in [4.69, 9.17) is 26.8 Å². The lowest BCUT2D eigenvalue weighted by atomic mass is 10.1. The zero-order valence-corrected chi connectivity index (χ0v) is 12.9. The summed E-state index contributed by atoms with van der Waals surface area (Å²) in [5, 5.41) is 4.80. The number of rotatable bonds is 7. The van der Waals surface area contributed by atoms with Crippen LogP contribution in [0.15, 0.2) is 24.5 Å². The SMILES string of the molecule is COCCn1ncc(Cl)c1C(N)Cc1ccc(OC)nc1. The van der Waals surface area contributed by atoms with Crippen LogP contribution in [0.5, 0.6) is 5.88 Å². The average molecular weight is 311 g/mol. The monoisotopic (exact) mass is 310 g/mol. The van der Waals surface area contributed by atoms with Crippen LogP contribution in [0.25, 0.3) is 0 Å². The summed E-state index contributed by atoms with van der Waals surface area (Å²) >= 11 is 6.19. The van der Waals surface area contributed by atoms with Crippen molar-refractivity contribution >= 4 is 11.6 Å². The third-order valence-electron chi connectivity index (χ3n) is 3.15. The Bertz CT molecular complexity index is 571. The van der Waals surface area contributed by atoms with E-state index in [2.05, 4.69) is 10.1 Å². The Kier molecular flexibility index (Phi) is 5.55. The maximum Gasteiger partial charge on any atom is 0.212 e. The molecule has 0 aliphatic heterocycles. The molecule has 2 aromatic rings. The fourth-order valence-electron chi connectivity index (χ4n) is 2.10. The van der Waals surface area contributed by atoms with Gasteiger partial charge in [-0.05, 0) is 12.0 Å². The molecule has 0 aromatic carbocycles. The molecule has 0 spiro atoms. The van der Waals surface area contributed by atoms with Crippen molar-refractivity contribution in [3.8, 4) is 5.88 Å². The molecular formula is C14H19ClN4O2. The maximum atomic E-state index is 6.27. The van der Waals surface area contributed by atoms with E-state index in [1.807, 2.05) is 12.1 Å². The average Bonchev–Trinajstić information content (AvgIpc) is 2.87. The van der Waals surface area contributed by atoms with E-state index < -0.39 is 0 Å². The smallest absolute Gasteiger partial charge is 0.212 e. The molecule has 2 heterocycles. The summed E-state index contributed by atoms with van der Waals surface area (Å²) < 4.78 is 11.9. The summed E-state index contributed by atoms with van der Waals surface area (Å²) in [4.78, 5) is 4.17. The minimum Gasteiger partial charge on any atom is -0.481 e. The van der Waals surface area contributed by atoms with E-state index in [1.54, 1.807) is 31.3 Å². The molecule has 6 nitrogen and oxygen atoms in total. The molecule has 0 aliphatic rings. The molecule has 0 saturated carbocycles. The molecular weight excluding hydrogens is 292 g/mol. The minimum atomic E-state index is -0.257. The second kappa shape index (κ2) is 7.40. The van der Waals surface area contributed by atoms with Crippen LogP contribution in [0, 0.1) is 0 Å². The lowest BCUT2D eigenvalue weighted by Gasteiger charge is -2.15. The van der Waals surface area contributed by atoms with E-state index in [1.165, 1.54) is 0 Å². The second-order valence-corrected chi connectivity index (χ2v) is 5.02. The summed E-state index contributed by atoms with van der Waals surface area (Å²) in [7, 11) is 3.23. The van der Waals surface area contributed by atoms with Crippen molar-refractivity contribution in [1.29, 1.82) is 0 Å². The Labute approximate surface area is 128 Å². The molecule has 0 aliphatic carbocycles. The van der Waals surface area contributed by atoms with Crippen molar-refractivity contribution < 1.29 is 9.47 Å². The molecule has 0 radical (unpaired) electrons. The van der Waals surface area contributed by atoms with Gasteiger partial charge >= 0.3 is 0 Å². The molecule has 0 saturated heterocycles. The van der Waals surface area contributed by atoms with Crippen molar-refractivity contribution in [2.75, 3.05) is 20.8 Å². The van der Waals surface area contributed by atoms with Crippen molar-refractivity contribution in [3.05, 3.63) is 40.8 Å². The van der Waals surface area contributed by atoms with Crippen LogP contribution in [0.3, 0.4) is 0 Å². The number of hydrogen-bond donors (Lipinski definition) is 1. The second-order valence-electron chi connectivity index (χ2n) is 4.61. The van der Waals surface area contributed by atoms with E-state index in [-0.39, 0.29) is 6.04 Å². The van der Waals surface area contributed by atoms with Gasteiger partial charge in [0.2, 0.25) is 5.88 Å². The first kappa shape index (κ1) is 15.8. The number of methoxy groups -OCH3 is 2. The van der Waals surface area contributed by atoms with Gasteiger partial charge in [-0.25, -0.2) is 4.98 Å². The summed E-state index contributed by atoms with van der Waals surface area (Å²) in [6.07, 6.45) is 3.98. The van der Waals surface area contributed by atoms with E-state index >= 15 is 0 Å². The first-order valence-electron chi connectivity index (χ1n) is 6.60. The molecule has 2 aromatic heterocycles. The predicted octanol–water partition coefficient (Wildman–Crippen LogP) is 1.83. The molecule has 21 heavy (non-hydrogen) atoms. The zero-order valence-electron chi connectivity index (χ0n) is 12.1. The summed E-state index contributed by atoms with van der Waals surface area (Å²) in [5.41, 5.74) is 8.09. The Balaban J connectivity index is 2.11. The van der Waals surface area contributed by atoms with Crippen molar-refractivity contribution in [3.63, 3.8) is 0 Å². The highest BCUT2D eigenvalue weighted by Gasteiger charge is 2.17. The van der Waals surface area contributed by atoms with Gasteiger partial charge in [0.05, 0.1) is 43.2 Å². The van der Waals surface area contributed by atoms with Crippen molar-refractivity contribution in [2.45, 2.75) is 19.0 Å². The number of nitrogens with zero attached hydrogens (tertiary/aromatic N) is 3. The van der Waals surface area contributed by atoms with Gasteiger partial charge in [-0.15, -0.1) is 0 Å². The highest BCUT2D eigenvalue weighted by molar-refractivity contribution is 6.31. The standard InChI is InChI=1S/C14H19ClN4O2/c1-20-6-5-19-14(11(15)9-18-19)12(16)7-10-3-4-13(21-2)17-8-10/h3-4,8-9,12H,5-7,16H2,1-2H3. The molecule has 1 atom stereocenters. The van der Waals surface area contributed by atoms with Crippen LogP contribution in [-0.2, 0) is 17.7 Å². The van der Waals surface area contributed by atoms with Gasteiger partial charge in [0, 0.05) is 19.4 Å². The zero-order chi connectivity index (χ0) is 15.2. The number of pyridine rings is 1. The third kappa shape index (κ3) is 3.93. The molecule has 0 bridgehead atoms. The fourth-order valence-corrected chi connectivity index (χ4v) is 2.38. The predicted molar refractivity (Wildman–Crippen MR) is 80.5 cm³/mol. The van der Waals surface area contributed by atoms with Gasteiger partial charge in [-0.3, -0.25) is 4.68 Å². The molecule has 7 heteroatoms. The summed E-state index contributed by atoms with van der Waals surface area (Å²) in [6, 6.07) is 3.49. The van der Waals surface area contributed by atoms with E-state index in [9.17, 15) is 0 Å². The van der Waals surface area contributed by atoms with Gasteiger partial charge in [-0.1, -0.05) is 17.7 Å². The number of halogens is 1. The van der Waals surface area contributed by atoms with Crippen LogP contribution in [0.4, 0.5) is 0 Å². The van der Waals surface area contributed by atoms with Gasteiger partial charge in [0.25, 0.3) is 0 Å². The first-order chi connectivity index (χ1) is 10.2. The largest absolute Gasteiger partial charge is 0.481 e. The van der Waals surface area contributed by atoms with Gasteiger partial charge < -0.3 is 15.2 Å². The third-order valence-corrected chi connectivity index (χ3v) is 3.45. The van der Waals surface area contributed by atoms with Gasteiger partial charge in [0.1, 0.15) is 0 Å². The molecule has 1 unspecified atom stereocenters. The molecule has 0 amide bonds. The summed E-state index contributed by atoms with van der Waals surface area (Å²) in [6.45, 7) is 1.18. The maximum absolute atomic E-state index is 6.27. The first-order valence-corrected chi connectivity index (χ1v) is 6.98. The number of aromatic nitrogens is 3. The highest BCUT2D eigenvalue weighted by Crippen LogP contribution is 2.24. The summed E-state index contributed by atoms with van der Waals surface area (Å²) in [5.74, 6) is 0.579. The molecule has 114 valence electrons. The highest BCUT2D eigenvalue weighted by atomic mass is 35.5. The Hall–Kier alpha value is -1.63. The van der Waals surface area contributed by atoms with Crippen LogP contribution in [-0.4, -0.2) is 35.6 Å². The van der Waals surface area contributed by atoms with Crippen molar-refractivity contribution in [1.82, 2.24) is 14.8 Å². The quantitative estimate of drug-likeness (QED) is 0.844. The Morgan fingerprint density at radius 1 is 1.33 bits per heavy atom. The van der Waals surface area contributed by atoms with Crippen LogP contribution < -0.4 is 10.5 Å². The lowest BCUT2D eigenvalue weighted by Crippen LogP contribution is -2.20. The Morgan fingerprint density at radius 3 is 2.76 bits per heavy atom. The normalized spacial score (nSPS) is 12.4. The molecule has 2 N–H and O–H groups in total. The van der Waals surface area contributed by atoms with Crippen LogP contribution >= 0.6 is 11.6 Å². The number of ether oxygens (including phenoxy) is 2. The topological polar surface area (TPSA) is 75.2 Å². The van der Waals surface area contributed by atoms with E-state index in [0.29, 0.717) is 30.5 Å². The van der Waals surface area contributed by atoms with Crippen LogP contribution in [0.1, 0.15) is 17.3 Å². The van der Waals surface area contributed by atoms with Crippen LogP contribution in [0.2, 0.25) is 5.02 Å². The number of hydrogen-bond acceptors (Lipinski definition) is 5. The molecule has 0 fully saturated rings.